The highest BCUT2D eigenvalue weighted by Crippen LogP contribution is 2.45. The van der Waals surface area contributed by atoms with Crippen LogP contribution < -0.4 is 19.1 Å². The maximum absolute atomic E-state index is 13.8. The summed E-state index contributed by atoms with van der Waals surface area (Å²) in [5, 5.41) is 12.0. The molecule has 2 aliphatic heterocycles. The van der Waals surface area contributed by atoms with E-state index in [1.54, 1.807) is 12.1 Å². The normalized spacial score (nSPS) is 19.1. The number of Topliss-reactive ketones (excluding diaryl/α,β-unsaturated/α-hetero) is 1. The van der Waals surface area contributed by atoms with Crippen molar-refractivity contribution in [2.24, 2.45) is 0 Å². The molecule has 1 amide bonds. The Morgan fingerprint density at radius 3 is 2.70 bits per heavy atom. The van der Waals surface area contributed by atoms with Gasteiger partial charge in [0, 0.05) is 12.0 Å². The van der Waals surface area contributed by atoms with Gasteiger partial charge in [0.25, 0.3) is 5.78 Å². The second kappa shape index (κ2) is 12.1. The predicted octanol–water partition coefficient (Wildman–Crippen LogP) is 7.21. The van der Waals surface area contributed by atoms with Crippen LogP contribution in [0.2, 0.25) is 0 Å². The zero-order chi connectivity index (χ0) is 30.1. The van der Waals surface area contributed by atoms with Gasteiger partial charge in [0.1, 0.15) is 29.1 Å². The standard InChI is InChI=1S/C34H34N2O6S/c1-4-6-7-15-41-24-10-8-9-21(18-24)30-29(31(37)22-11-14-27-23(17-22)16-20(3)42-27)32(38)33(39)36(30)34-35-26-13-12-25(40-5-2)19-28(26)43-34/h8-14,17-20,30,37H,4-7,15-16H2,1-3H3/t20-,30-/m0/s1. The second-order valence-electron chi connectivity index (χ2n) is 10.8. The molecule has 0 bridgehead atoms. The minimum Gasteiger partial charge on any atom is -0.507 e. The van der Waals surface area contributed by atoms with Crippen LogP contribution in [0.25, 0.3) is 16.0 Å². The first kappa shape index (κ1) is 28.7. The van der Waals surface area contributed by atoms with Crippen LogP contribution in [0.3, 0.4) is 0 Å². The average Bonchev–Trinajstić information content (AvgIpc) is 3.67. The number of fused-ring (bicyclic) bond motifs is 2. The van der Waals surface area contributed by atoms with E-state index in [9.17, 15) is 14.7 Å². The summed E-state index contributed by atoms with van der Waals surface area (Å²) < 4.78 is 18.3. The van der Waals surface area contributed by atoms with Gasteiger partial charge in [-0.3, -0.25) is 14.5 Å². The number of thiazole rings is 1. The Kier molecular flexibility index (Phi) is 8.08. The van der Waals surface area contributed by atoms with E-state index in [2.05, 4.69) is 6.92 Å². The number of ketones is 1. The highest BCUT2D eigenvalue weighted by molar-refractivity contribution is 7.22. The van der Waals surface area contributed by atoms with E-state index in [1.165, 1.54) is 16.2 Å². The number of aliphatic hydroxyl groups is 1. The van der Waals surface area contributed by atoms with Crippen LogP contribution in [0.15, 0.2) is 66.2 Å². The van der Waals surface area contributed by atoms with Crippen LogP contribution in [0.5, 0.6) is 17.2 Å². The summed E-state index contributed by atoms with van der Waals surface area (Å²) in [6.45, 7) is 7.12. The van der Waals surface area contributed by atoms with Crippen molar-refractivity contribution < 1.29 is 28.9 Å². The van der Waals surface area contributed by atoms with Crippen molar-refractivity contribution in [2.75, 3.05) is 18.1 Å². The molecule has 0 spiro atoms. The van der Waals surface area contributed by atoms with E-state index >= 15 is 0 Å². The number of aliphatic hydroxyl groups excluding tert-OH is 1. The van der Waals surface area contributed by atoms with E-state index in [1.807, 2.05) is 62.4 Å². The summed E-state index contributed by atoms with van der Waals surface area (Å²) in [7, 11) is 0. The van der Waals surface area contributed by atoms with Gasteiger partial charge >= 0.3 is 5.91 Å². The highest BCUT2D eigenvalue weighted by Gasteiger charge is 2.48. The van der Waals surface area contributed by atoms with Crippen LogP contribution in [-0.2, 0) is 16.0 Å². The molecular weight excluding hydrogens is 564 g/mol. The second-order valence-corrected chi connectivity index (χ2v) is 11.8. The van der Waals surface area contributed by atoms with Crippen molar-refractivity contribution in [3.8, 4) is 17.2 Å². The number of carbonyl (C=O) groups is 2. The molecule has 0 saturated carbocycles. The average molecular weight is 599 g/mol. The first-order valence-electron chi connectivity index (χ1n) is 14.7. The molecule has 1 saturated heterocycles. The van der Waals surface area contributed by atoms with Crippen molar-refractivity contribution in [3.63, 3.8) is 0 Å². The van der Waals surface area contributed by atoms with Crippen LogP contribution in [0.1, 0.15) is 62.8 Å². The fraction of sp³-hybridized carbons (Fsp3) is 0.324. The SMILES string of the molecule is CCCCCOc1cccc([C@H]2C(=C(O)c3ccc4c(c3)C[C@H](C)O4)C(=O)C(=O)N2c2nc3ccc(OCC)cc3s2)c1. The number of hydrogen-bond acceptors (Lipinski definition) is 8. The highest BCUT2D eigenvalue weighted by atomic mass is 32.1. The number of carbonyl (C=O) groups excluding carboxylic acids is 2. The van der Waals surface area contributed by atoms with E-state index in [4.69, 9.17) is 19.2 Å². The summed E-state index contributed by atoms with van der Waals surface area (Å²) >= 11 is 1.30. The minimum atomic E-state index is -0.908. The fourth-order valence-electron chi connectivity index (χ4n) is 5.64. The maximum atomic E-state index is 13.8. The lowest BCUT2D eigenvalue weighted by Crippen LogP contribution is -2.29. The van der Waals surface area contributed by atoms with Crippen LogP contribution in [0.4, 0.5) is 5.13 Å². The summed E-state index contributed by atoms with van der Waals surface area (Å²) in [6, 6.07) is 17.4. The van der Waals surface area contributed by atoms with Crippen molar-refractivity contribution in [1.82, 2.24) is 4.98 Å². The third-order valence-corrected chi connectivity index (χ3v) is 8.69. The van der Waals surface area contributed by atoms with Gasteiger partial charge in [-0.15, -0.1) is 0 Å². The number of nitrogens with zero attached hydrogens (tertiary/aromatic N) is 2. The lowest BCUT2D eigenvalue weighted by Gasteiger charge is -2.23. The number of aromatic nitrogens is 1. The van der Waals surface area contributed by atoms with E-state index in [-0.39, 0.29) is 17.4 Å². The Labute approximate surface area is 254 Å². The molecule has 2 aliphatic rings. The third-order valence-electron chi connectivity index (χ3n) is 7.67. The molecule has 222 valence electrons. The molecule has 1 aromatic heterocycles. The number of unbranched alkanes of at least 4 members (excludes halogenated alkanes) is 2. The number of benzene rings is 3. The zero-order valence-corrected chi connectivity index (χ0v) is 25.3. The molecule has 2 atom stereocenters. The maximum Gasteiger partial charge on any atom is 0.301 e. The Morgan fingerprint density at radius 2 is 1.88 bits per heavy atom. The molecule has 0 unspecified atom stereocenters. The largest absolute Gasteiger partial charge is 0.507 e. The van der Waals surface area contributed by atoms with Crippen LogP contribution in [0, 0.1) is 0 Å². The topological polar surface area (TPSA) is 98.2 Å². The first-order chi connectivity index (χ1) is 20.9. The minimum absolute atomic E-state index is 0.00862. The van der Waals surface area contributed by atoms with Gasteiger partial charge < -0.3 is 19.3 Å². The van der Waals surface area contributed by atoms with Gasteiger partial charge in [-0.25, -0.2) is 4.98 Å². The van der Waals surface area contributed by atoms with E-state index in [0.717, 1.165) is 35.3 Å². The molecular formula is C34H34N2O6S. The molecule has 0 radical (unpaired) electrons. The van der Waals surface area contributed by atoms with Gasteiger partial charge in [-0.1, -0.05) is 43.2 Å². The Bertz CT molecular complexity index is 1730. The van der Waals surface area contributed by atoms with Crippen molar-refractivity contribution in [1.29, 1.82) is 0 Å². The lowest BCUT2D eigenvalue weighted by molar-refractivity contribution is -0.132. The van der Waals surface area contributed by atoms with E-state index < -0.39 is 17.7 Å². The van der Waals surface area contributed by atoms with Crippen molar-refractivity contribution in [2.45, 2.75) is 58.6 Å². The Hall–Kier alpha value is -4.37. The predicted molar refractivity (Wildman–Crippen MR) is 167 cm³/mol. The molecule has 3 aromatic carbocycles. The van der Waals surface area contributed by atoms with E-state index in [0.29, 0.717) is 52.9 Å². The number of hydrogen-bond donors (Lipinski definition) is 1. The van der Waals surface area contributed by atoms with Gasteiger partial charge in [0.2, 0.25) is 0 Å². The zero-order valence-electron chi connectivity index (χ0n) is 24.5. The van der Waals surface area contributed by atoms with Crippen molar-refractivity contribution >= 4 is 44.1 Å². The summed E-state index contributed by atoms with van der Waals surface area (Å²) in [4.78, 5) is 33.6. The van der Waals surface area contributed by atoms with Gasteiger partial charge in [-0.2, -0.15) is 0 Å². The molecule has 4 aromatic rings. The number of ether oxygens (including phenoxy) is 3. The molecule has 8 nitrogen and oxygen atoms in total. The first-order valence-corrected chi connectivity index (χ1v) is 15.6. The van der Waals surface area contributed by atoms with Gasteiger partial charge in [-0.05, 0) is 79.9 Å². The van der Waals surface area contributed by atoms with Gasteiger partial charge in [0.15, 0.2) is 5.13 Å². The summed E-state index contributed by atoms with van der Waals surface area (Å²) in [5.74, 6) is 0.344. The van der Waals surface area contributed by atoms with Crippen LogP contribution >= 0.6 is 11.3 Å². The number of amides is 1. The van der Waals surface area contributed by atoms with Gasteiger partial charge in [0.05, 0.1) is 35.0 Å². The Balaban J connectivity index is 1.46. The molecule has 0 aliphatic carbocycles. The third kappa shape index (κ3) is 5.57. The molecule has 6 rings (SSSR count). The van der Waals surface area contributed by atoms with Crippen LogP contribution in [-0.4, -0.2) is 41.1 Å². The number of rotatable bonds is 10. The monoisotopic (exact) mass is 598 g/mol. The quantitative estimate of drug-likeness (QED) is 0.0891. The molecule has 1 N–H and O–H groups in total. The Morgan fingerprint density at radius 1 is 1.05 bits per heavy atom. The summed E-state index contributed by atoms with van der Waals surface area (Å²) in [6.07, 6.45) is 3.80. The molecule has 1 fully saturated rings. The van der Waals surface area contributed by atoms with Crippen molar-refractivity contribution in [3.05, 3.63) is 82.9 Å². The smallest absolute Gasteiger partial charge is 0.301 e. The lowest BCUT2D eigenvalue weighted by atomic mass is 9.94. The molecule has 9 heteroatoms. The number of anilines is 1. The fourth-order valence-corrected chi connectivity index (χ4v) is 6.66. The molecule has 43 heavy (non-hydrogen) atoms. The molecule has 3 heterocycles. The summed E-state index contributed by atoms with van der Waals surface area (Å²) in [5.41, 5.74) is 2.73.